The van der Waals surface area contributed by atoms with Gasteiger partial charge >= 0.3 is 85.0 Å². The Kier molecular flexibility index (Phi) is 33.4. The number of carbonyl (C=O) groups is 6. The number of pyridine rings is 4. The predicted molar refractivity (Wildman–Crippen MR) is 467 cm³/mol. The van der Waals surface area contributed by atoms with Crippen LogP contribution in [0.5, 0.6) is 23.0 Å². The summed E-state index contributed by atoms with van der Waals surface area (Å²) >= 11 is 0. The van der Waals surface area contributed by atoms with Gasteiger partial charge in [0, 0.05) is 99.2 Å². The van der Waals surface area contributed by atoms with E-state index < -0.39 is 179 Å². The summed E-state index contributed by atoms with van der Waals surface area (Å²) in [6.45, 7) is 7.05. The lowest BCUT2D eigenvalue weighted by atomic mass is 9.93. The number of esters is 2. The molecule has 53 heteroatoms. The third-order valence-corrected chi connectivity index (χ3v) is 39.4. The van der Waals surface area contributed by atoms with Crippen molar-refractivity contribution >= 4 is 107 Å². The maximum absolute atomic E-state index is 13.1. The second-order valence-corrected chi connectivity index (χ2v) is 48.8. The zero-order valence-corrected chi connectivity index (χ0v) is 79.3. The first-order valence-corrected chi connectivity index (χ1v) is 52.8. The normalized spacial score (nSPS) is 30.0. The Hall–Kier alpha value is -9.38. The molecule has 8 heterocycles. The number of ether oxygens (including phenoxy) is 7. The molecule has 14 rings (SSSR count). The molecule has 0 amide bonds. The molecule has 135 heavy (non-hydrogen) atoms. The summed E-state index contributed by atoms with van der Waals surface area (Å²) in [5.74, 6) is -3.94. The average Bonchev–Trinajstić information content (AvgIpc) is 0.736. The molecule has 4 aromatic heterocycles. The minimum absolute atomic E-state index is 0.0214. The van der Waals surface area contributed by atoms with Crippen LogP contribution in [0.1, 0.15) is 147 Å². The van der Waals surface area contributed by atoms with Crippen molar-refractivity contribution in [2.24, 2.45) is 11.3 Å². The first-order chi connectivity index (χ1) is 63.2. The molecule has 8 unspecified atom stereocenters. The van der Waals surface area contributed by atoms with Crippen molar-refractivity contribution in [3.8, 4) is 23.0 Å². The molecule has 5 aromatic carbocycles. The molecule has 12 N–H and O–H groups in total. The van der Waals surface area contributed by atoms with Gasteiger partial charge < -0.3 is 92.7 Å². The zero-order valence-electron chi connectivity index (χ0n) is 72.2. The Morgan fingerprint density at radius 2 is 0.763 bits per heavy atom. The van der Waals surface area contributed by atoms with Gasteiger partial charge in [0.1, 0.15) is 24.2 Å². The molecule has 45 nitrogen and oxygen atoms in total. The molecule has 5 fully saturated rings. The van der Waals surface area contributed by atoms with Gasteiger partial charge in [0.25, 0.3) is 20.3 Å². The summed E-state index contributed by atoms with van der Waals surface area (Å²) in [4.78, 5) is 172. The standard InChI is InChI=1S/C23H23NO9P2.C21H25NO11P2.C21H25NO10P2.C17H19NO11P2/c1-14(2)20(25)21(26)18-9-10-19(17-8-4-3-7-16(17)18)22-32-34(28,29)23(27,35(30,31)33-22)12-15-6-5-11-24-13-15;1-14(23)30-13-20(2,3)19(24)31-17-9-5-4-8-16(17)18-32-34(26,27)21(25,35(28,29)33-18)11-15-7-6-10-22-12-15;23-20(29-16-8-2-1-3-9-16)30-18-11-5-4-10-17(18)19-31-33(25,26)21(24,34(27,28)32-19)13-15-7-6-12-22-14-15;1-25-13-7-3-6-12(14(13)27-16(19)26-2)15-28-30(21,22)17(20,31(23,24)29-15)9-11-5-4-8-18-10-11/h3-11,13-14,22,27H,12H2,1-2H3,(H,28,29)(H,30,31);4-10,12,18,25H,11,13H2,1-3H3,(H,26,27)(H,28,29);4-7,10-12,14,16,19,24H,1-3,8-9,13H2,(H,25,26)(H,27,28);3-8,10,15,20H,9H2,1-2H3,(H,21,22)(H,23,24). The molecule has 4 aliphatic heterocycles. The van der Waals surface area contributed by atoms with Crippen molar-refractivity contribution < 1.29 is 194 Å². The molecule has 0 spiro atoms. The molecule has 1 saturated carbocycles. The maximum Gasteiger partial charge on any atom is 0.514 e. The lowest BCUT2D eigenvalue weighted by Crippen LogP contribution is -2.38. The third-order valence-electron chi connectivity index (χ3n) is 21.0. The highest BCUT2D eigenvalue weighted by atomic mass is 31.3. The highest BCUT2D eigenvalue weighted by molar-refractivity contribution is 7.75. The molecule has 4 saturated heterocycles. The van der Waals surface area contributed by atoms with E-state index in [9.17, 15) is 125 Å². The molecule has 726 valence electrons. The van der Waals surface area contributed by atoms with Gasteiger partial charge in [0.15, 0.2) is 11.5 Å². The third kappa shape index (κ3) is 23.5. The number of carbonyl (C=O) groups excluding carboxylic acids is 6. The second-order valence-electron chi connectivity index (χ2n) is 31.5. The summed E-state index contributed by atoms with van der Waals surface area (Å²) in [5.41, 5.74) is -0.768. The summed E-state index contributed by atoms with van der Waals surface area (Å²) in [5, 5.41) is 31.4. The number of fused-ring (bicyclic) bond motifs is 1. The van der Waals surface area contributed by atoms with E-state index in [2.05, 4.69) is 24.7 Å². The van der Waals surface area contributed by atoms with Gasteiger partial charge in [0.05, 0.1) is 36.3 Å². The highest BCUT2D eigenvalue weighted by Crippen LogP contribution is 2.83. The quantitative estimate of drug-likeness (QED) is 0.00538. The van der Waals surface area contributed by atoms with Crippen molar-refractivity contribution in [3.63, 3.8) is 0 Å². The van der Waals surface area contributed by atoms with E-state index in [0.717, 1.165) is 39.2 Å². The van der Waals surface area contributed by atoms with E-state index >= 15 is 0 Å². The summed E-state index contributed by atoms with van der Waals surface area (Å²) in [6.07, 6.45) is 2.19. The Bertz CT molecular complexity index is 6180. The number of rotatable bonds is 23. The number of nitrogens with zero attached hydrogens (tertiary/aromatic N) is 4. The number of benzene rings is 5. The molecular weight excluding hydrogens is 1940 g/mol. The molecular formula is C82H92N4O41P8. The SMILES string of the molecule is CC(=O)OCC(C)(C)C(=O)Oc1ccccc1C1OP(=O)(O)C(O)(Cc2cccnc2)P(=O)(O)O1.CC(C)C(=O)C(=O)c1ccc(C2OP(=O)(O)C(O)(Cc3cccnc3)P(=O)(O)O2)c2ccccc12.COC(=O)Oc1c(OC)cccc1C1OP(=O)(O)C(O)(Cc2cccnc2)P(=O)(O)O1.O=C(Oc1ccccc1C1OP(=O)(O)C(O)(Cc2cccnc2)P(=O)(O)O1)OC1CCCCC1. The number of hydrogen-bond acceptors (Lipinski definition) is 37. The predicted octanol–water partition coefficient (Wildman–Crippen LogP) is 13.6. The number of ketones is 2. The largest absolute Gasteiger partial charge is 0.514 e. The van der Waals surface area contributed by atoms with E-state index in [1.807, 2.05) is 0 Å². The Labute approximate surface area is 768 Å². The van der Waals surface area contributed by atoms with Crippen molar-refractivity contribution in [1.29, 1.82) is 0 Å². The van der Waals surface area contributed by atoms with Crippen LogP contribution >= 0.6 is 60.8 Å². The minimum Gasteiger partial charge on any atom is -0.493 e. The number of para-hydroxylation sites is 3. The monoisotopic (exact) mass is 2040 g/mol. The first kappa shape index (κ1) is 106. The Balaban J connectivity index is 0.000000173. The van der Waals surface area contributed by atoms with Crippen molar-refractivity contribution in [3.05, 3.63) is 251 Å². The molecule has 0 bridgehead atoms. The van der Waals surface area contributed by atoms with Crippen molar-refractivity contribution in [1.82, 2.24) is 19.9 Å². The Morgan fingerprint density at radius 1 is 0.415 bits per heavy atom. The van der Waals surface area contributed by atoms with Crippen molar-refractivity contribution in [2.45, 2.75) is 144 Å². The molecule has 8 atom stereocenters. The maximum atomic E-state index is 13.1. The van der Waals surface area contributed by atoms with Gasteiger partial charge in [-0.1, -0.05) is 117 Å². The van der Waals surface area contributed by atoms with Crippen LogP contribution < -0.4 is 18.9 Å². The van der Waals surface area contributed by atoms with Crippen LogP contribution in [0.25, 0.3) is 10.8 Å². The van der Waals surface area contributed by atoms with Crippen LogP contribution in [0.4, 0.5) is 9.59 Å². The summed E-state index contributed by atoms with van der Waals surface area (Å²) < 4.78 is 180. The number of Topliss-reactive ketones (excluding diaryl/α,β-unsaturated/α-hetero) is 2. The second kappa shape index (κ2) is 42.5. The number of hydrogen-bond donors (Lipinski definition) is 12. The topological polar surface area (TPSA) is 672 Å². The van der Waals surface area contributed by atoms with Crippen LogP contribution in [0, 0.1) is 11.3 Å². The minimum atomic E-state index is -5.23. The number of aromatic nitrogens is 4. The van der Waals surface area contributed by atoms with Gasteiger partial charge in [-0.3, -0.25) is 112 Å². The molecule has 0 radical (unpaired) electrons. The number of aliphatic hydroxyl groups is 4. The van der Waals surface area contributed by atoms with Gasteiger partial charge in [-0.15, -0.1) is 0 Å². The lowest BCUT2D eigenvalue weighted by molar-refractivity contribution is -0.153. The van der Waals surface area contributed by atoms with E-state index in [1.165, 1.54) is 205 Å². The first-order valence-electron chi connectivity index (χ1n) is 40.2. The van der Waals surface area contributed by atoms with Crippen molar-refractivity contribution in [2.75, 3.05) is 20.8 Å². The highest BCUT2D eigenvalue weighted by Gasteiger charge is 2.71. The van der Waals surface area contributed by atoms with Crippen LogP contribution in [-0.2, 0) is 127 Å². The van der Waals surface area contributed by atoms with Crippen LogP contribution in [-0.4, -0.2) is 163 Å². The summed E-state index contributed by atoms with van der Waals surface area (Å²) in [6, 6.07) is 36.0. The zero-order chi connectivity index (χ0) is 98.9. The van der Waals surface area contributed by atoms with Crippen LogP contribution in [0.15, 0.2) is 201 Å². The van der Waals surface area contributed by atoms with Gasteiger partial charge in [0.2, 0.25) is 36.7 Å². The van der Waals surface area contributed by atoms with E-state index in [0.29, 0.717) is 10.8 Å². The lowest BCUT2D eigenvalue weighted by Gasteiger charge is -2.41. The fourth-order valence-corrected chi connectivity index (χ4v) is 27.8. The average molecular weight is 2040 g/mol. The van der Waals surface area contributed by atoms with Gasteiger partial charge in [-0.05, 0) is 127 Å². The fraction of sp³-hybridized carbons (Fsp3) is 0.341. The smallest absolute Gasteiger partial charge is 0.493 e. The van der Waals surface area contributed by atoms with Crippen LogP contribution in [0.2, 0.25) is 0 Å². The molecule has 9 aromatic rings. The van der Waals surface area contributed by atoms with Crippen LogP contribution in [0.3, 0.4) is 0 Å². The fourth-order valence-electron chi connectivity index (χ4n) is 13.6. The van der Waals surface area contributed by atoms with E-state index in [1.54, 1.807) is 38.1 Å². The molecule has 5 aliphatic rings. The van der Waals surface area contributed by atoms with E-state index in [-0.39, 0.29) is 85.8 Å². The number of methoxy groups -OCH3 is 2. The Morgan fingerprint density at radius 3 is 1.13 bits per heavy atom. The van der Waals surface area contributed by atoms with Gasteiger partial charge in [-0.2, -0.15) is 0 Å². The molecule has 1 aliphatic carbocycles. The van der Waals surface area contributed by atoms with Gasteiger partial charge in [-0.25, -0.2) is 9.59 Å². The van der Waals surface area contributed by atoms with E-state index in [4.69, 9.17) is 64.6 Å². The summed E-state index contributed by atoms with van der Waals surface area (Å²) in [7, 11) is -39.3.